The molecule has 9 nitrogen and oxygen atoms in total. The molecule has 10 heteroatoms. The van der Waals surface area contributed by atoms with Crippen molar-refractivity contribution in [1.82, 2.24) is 9.80 Å². The molecular formula is C23H30N4O5S. The van der Waals surface area contributed by atoms with E-state index in [-0.39, 0.29) is 23.9 Å². The van der Waals surface area contributed by atoms with Crippen LogP contribution in [0.5, 0.6) is 5.75 Å². The van der Waals surface area contributed by atoms with Crippen molar-refractivity contribution in [1.29, 1.82) is 0 Å². The molecule has 1 aliphatic heterocycles. The number of hydrogen-bond donors (Lipinski definition) is 1. The van der Waals surface area contributed by atoms with Gasteiger partial charge in [-0.1, -0.05) is 6.07 Å². The summed E-state index contributed by atoms with van der Waals surface area (Å²) in [6.07, 6.45) is 0. The number of hydrogen-bond acceptors (Lipinski definition) is 8. The molecule has 33 heavy (non-hydrogen) atoms. The molecule has 178 valence electrons. The highest BCUT2D eigenvalue weighted by Gasteiger charge is 2.28. The lowest BCUT2D eigenvalue weighted by Crippen LogP contribution is -2.48. The quantitative estimate of drug-likeness (QED) is 0.616. The minimum absolute atomic E-state index is 0.195. The van der Waals surface area contributed by atoms with E-state index in [4.69, 9.17) is 9.47 Å². The molecule has 2 amide bonds. The van der Waals surface area contributed by atoms with Gasteiger partial charge in [0.05, 0.1) is 31.2 Å². The summed E-state index contributed by atoms with van der Waals surface area (Å²) in [4.78, 5) is 43.8. The van der Waals surface area contributed by atoms with Crippen molar-refractivity contribution in [3.63, 3.8) is 0 Å². The number of piperazine rings is 1. The van der Waals surface area contributed by atoms with Gasteiger partial charge in [-0.25, -0.2) is 4.79 Å². The number of thiophene rings is 1. The molecule has 2 aromatic rings. The van der Waals surface area contributed by atoms with E-state index >= 15 is 0 Å². The molecule has 1 saturated heterocycles. The number of anilines is 2. The number of nitrogens with one attached hydrogen (secondary N) is 1. The van der Waals surface area contributed by atoms with Crippen LogP contribution in [0.3, 0.4) is 0 Å². The van der Waals surface area contributed by atoms with Crippen LogP contribution in [0.15, 0.2) is 24.3 Å². The van der Waals surface area contributed by atoms with Gasteiger partial charge in [0.25, 0.3) is 5.91 Å². The second kappa shape index (κ2) is 10.7. The minimum atomic E-state index is -0.580. The molecular weight excluding hydrogens is 444 g/mol. The average Bonchev–Trinajstić information content (AvgIpc) is 3.13. The predicted octanol–water partition coefficient (Wildman–Crippen LogP) is 2.31. The fourth-order valence-corrected chi connectivity index (χ4v) is 4.93. The number of benzene rings is 1. The first-order chi connectivity index (χ1) is 15.7. The summed E-state index contributed by atoms with van der Waals surface area (Å²) in [6, 6.07) is 7.93. The van der Waals surface area contributed by atoms with Gasteiger partial charge in [0.15, 0.2) is 0 Å². The average molecular weight is 475 g/mol. The van der Waals surface area contributed by atoms with Crippen LogP contribution in [0.4, 0.5) is 10.7 Å². The maximum atomic E-state index is 12.8. The van der Waals surface area contributed by atoms with Gasteiger partial charge in [0.1, 0.15) is 10.8 Å². The summed E-state index contributed by atoms with van der Waals surface area (Å²) in [5.41, 5.74) is 1.82. The van der Waals surface area contributed by atoms with Gasteiger partial charge in [0, 0.05) is 52.0 Å². The van der Waals surface area contributed by atoms with Gasteiger partial charge in [-0.05, 0) is 24.6 Å². The van der Waals surface area contributed by atoms with E-state index in [9.17, 15) is 14.4 Å². The first kappa shape index (κ1) is 24.5. The van der Waals surface area contributed by atoms with Crippen LogP contribution in [0.1, 0.15) is 25.6 Å². The molecule has 0 radical (unpaired) electrons. The molecule has 1 fully saturated rings. The Hall–Kier alpha value is -3.11. The van der Waals surface area contributed by atoms with Crippen molar-refractivity contribution in [2.75, 3.05) is 71.3 Å². The smallest absolute Gasteiger partial charge is 0.341 e. The van der Waals surface area contributed by atoms with Gasteiger partial charge < -0.3 is 24.6 Å². The van der Waals surface area contributed by atoms with Crippen molar-refractivity contribution >= 4 is 39.8 Å². The Morgan fingerprint density at radius 3 is 2.42 bits per heavy atom. The molecule has 0 bridgehead atoms. The summed E-state index contributed by atoms with van der Waals surface area (Å²) in [7, 11) is 6.21. The number of carbonyl (C=O) groups excluding carboxylic acids is 3. The van der Waals surface area contributed by atoms with Crippen molar-refractivity contribution in [2.24, 2.45) is 0 Å². The molecule has 0 aliphatic carbocycles. The Labute approximate surface area is 197 Å². The second-order valence-electron chi connectivity index (χ2n) is 7.96. The zero-order chi connectivity index (χ0) is 24.1. The lowest BCUT2D eigenvalue weighted by Gasteiger charge is -2.35. The third-order valence-corrected chi connectivity index (χ3v) is 6.74. The van der Waals surface area contributed by atoms with Crippen molar-refractivity contribution < 1.29 is 23.9 Å². The Kier molecular flexibility index (Phi) is 7.93. The molecule has 2 heterocycles. The first-order valence-electron chi connectivity index (χ1n) is 10.6. The highest BCUT2D eigenvalue weighted by Crippen LogP contribution is 2.34. The van der Waals surface area contributed by atoms with E-state index in [1.165, 1.54) is 12.0 Å². The maximum absolute atomic E-state index is 12.8. The van der Waals surface area contributed by atoms with Crippen LogP contribution in [0, 0.1) is 6.92 Å². The Morgan fingerprint density at radius 2 is 1.82 bits per heavy atom. The number of carbonyl (C=O) groups is 3. The molecule has 0 saturated carbocycles. The molecule has 1 aromatic heterocycles. The van der Waals surface area contributed by atoms with Crippen molar-refractivity contribution in [3.8, 4) is 5.75 Å². The Balaban J connectivity index is 1.64. The van der Waals surface area contributed by atoms with E-state index in [1.807, 2.05) is 24.3 Å². The number of amides is 2. The number of rotatable bonds is 7. The first-order valence-corrected chi connectivity index (χ1v) is 11.4. The summed E-state index contributed by atoms with van der Waals surface area (Å²) in [5.74, 6) is -0.227. The molecule has 1 aromatic carbocycles. The van der Waals surface area contributed by atoms with Gasteiger partial charge in [-0.15, -0.1) is 11.3 Å². The maximum Gasteiger partial charge on any atom is 0.341 e. The summed E-state index contributed by atoms with van der Waals surface area (Å²) in [6.45, 7) is 4.90. The molecule has 1 N–H and O–H groups in total. The van der Waals surface area contributed by atoms with E-state index in [0.29, 0.717) is 15.4 Å². The number of ether oxygens (including phenoxy) is 2. The summed E-state index contributed by atoms with van der Waals surface area (Å²) >= 11 is 1.10. The van der Waals surface area contributed by atoms with E-state index in [0.717, 1.165) is 49.0 Å². The third-order valence-electron chi connectivity index (χ3n) is 5.55. The van der Waals surface area contributed by atoms with Crippen molar-refractivity contribution in [3.05, 3.63) is 40.3 Å². The Morgan fingerprint density at radius 1 is 1.12 bits per heavy atom. The van der Waals surface area contributed by atoms with E-state index in [1.54, 1.807) is 28.1 Å². The standard InChI is InChI=1S/C23H30N4O5S/c1-15-19(23(30)32-5)21(33-20(15)22(29)25(2)3)24-18(28)14-26-9-11-27(12-10-26)16-7-6-8-17(13-16)31-4/h6-8,13H,9-12,14H2,1-5H3,(H,24,28). The number of esters is 1. The summed E-state index contributed by atoms with van der Waals surface area (Å²) in [5, 5.41) is 3.16. The van der Waals surface area contributed by atoms with Crippen LogP contribution >= 0.6 is 11.3 Å². The molecule has 0 spiro atoms. The third kappa shape index (κ3) is 5.63. The number of methoxy groups -OCH3 is 2. The topological polar surface area (TPSA) is 91.4 Å². The predicted molar refractivity (Wildman–Crippen MR) is 129 cm³/mol. The normalized spacial score (nSPS) is 14.0. The zero-order valence-corrected chi connectivity index (χ0v) is 20.5. The zero-order valence-electron chi connectivity index (χ0n) is 19.6. The number of nitrogens with zero attached hydrogens (tertiary/aromatic N) is 3. The van der Waals surface area contributed by atoms with Crippen LogP contribution in [-0.4, -0.2) is 88.6 Å². The fraction of sp³-hybridized carbons (Fsp3) is 0.435. The van der Waals surface area contributed by atoms with Gasteiger partial charge >= 0.3 is 5.97 Å². The molecule has 3 rings (SSSR count). The van der Waals surface area contributed by atoms with Crippen LogP contribution in [-0.2, 0) is 9.53 Å². The van der Waals surface area contributed by atoms with Crippen LogP contribution in [0.2, 0.25) is 0 Å². The van der Waals surface area contributed by atoms with E-state index < -0.39 is 5.97 Å². The second-order valence-corrected chi connectivity index (χ2v) is 8.98. The highest BCUT2D eigenvalue weighted by atomic mass is 32.1. The fourth-order valence-electron chi connectivity index (χ4n) is 3.70. The van der Waals surface area contributed by atoms with Gasteiger partial charge in [0.2, 0.25) is 5.91 Å². The van der Waals surface area contributed by atoms with Gasteiger partial charge in [-0.2, -0.15) is 0 Å². The van der Waals surface area contributed by atoms with Crippen molar-refractivity contribution in [2.45, 2.75) is 6.92 Å². The van der Waals surface area contributed by atoms with Crippen LogP contribution < -0.4 is 15.0 Å². The lowest BCUT2D eigenvalue weighted by atomic mass is 10.1. The Bertz CT molecular complexity index is 1030. The molecule has 0 atom stereocenters. The lowest BCUT2D eigenvalue weighted by molar-refractivity contribution is -0.117. The van der Waals surface area contributed by atoms with E-state index in [2.05, 4.69) is 15.1 Å². The SMILES string of the molecule is COC(=O)c1c(NC(=O)CN2CCN(c3cccc(OC)c3)CC2)sc(C(=O)N(C)C)c1C. The molecule has 1 aliphatic rings. The molecule has 0 unspecified atom stereocenters. The highest BCUT2D eigenvalue weighted by molar-refractivity contribution is 7.18. The largest absolute Gasteiger partial charge is 0.497 e. The monoisotopic (exact) mass is 474 g/mol. The minimum Gasteiger partial charge on any atom is -0.497 e. The summed E-state index contributed by atoms with van der Waals surface area (Å²) < 4.78 is 10.2. The van der Waals surface area contributed by atoms with Crippen LogP contribution in [0.25, 0.3) is 0 Å². The van der Waals surface area contributed by atoms with Gasteiger partial charge in [-0.3, -0.25) is 14.5 Å².